The van der Waals surface area contributed by atoms with Crippen molar-refractivity contribution >= 4 is 5.69 Å². The number of nitrogens with zero attached hydrogens (tertiary/aromatic N) is 1. The maximum absolute atomic E-state index is 6.22. The molecule has 0 aliphatic rings. The average molecular weight is 254 g/mol. The first-order valence-corrected chi connectivity index (χ1v) is 6.81. The van der Waals surface area contributed by atoms with E-state index in [9.17, 15) is 0 Å². The van der Waals surface area contributed by atoms with Gasteiger partial charge in [0.15, 0.2) is 0 Å². The van der Waals surface area contributed by atoms with Crippen molar-refractivity contribution in [2.24, 2.45) is 5.73 Å². The van der Waals surface area contributed by atoms with Gasteiger partial charge in [-0.3, -0.25) is 0 Å². The standard InChI is InChI=1S/C17H22N2/c1-19(17-10-6-3-7-11-17)14-16(18)13-12-15-8-4-2-5-9-15/h2-11,16H,12-14,18H2,1H3. The second-order valence-corrected chi connectivity index (χ2v) is 5.00. The van der Waals surface area contributed by atoms with Crippen LogP contribution in [0.5, 0.6) is 0 Å². The molecular weight excluding hydrogens is 232 g/mol. The first-order chi connectivity index (χ1) is 9.25. The van der Waals surface area contributed by atoms with Crippen LogP contribution in [-0.2, 0) is 6.42 Å². The Kier molecular flexibility index (Phi) is 4.99. The molecule has 19 heavy (non-hydrogen) atoms. The minimum Gasteiger partial charge on any atom is -0.373 e. The van der Waals surface area contributed by atoms with Gasteiger partial charge in [-0.25, -0.2) is 0 Å². The van der Waals surface area contributed by atoms with E-state index in [0.29, 0.717) is 0 Å². The quantitative estimate of drug-likeness (QED) is 0.858. The minimum atomic E-state index is 0.199. The molecule has 0 aliphatic heterocycles. The summed E-state index contributed by atoms with van der Waals surface area (Å²) in [5, 5.41) is 0. The lowest BCUT2D eigenvalue weighted by Gasteiger charge is -2.23. The summed E-state index contributed by atoms with van der Waals surface area (Å²) in [5.41, 5.74) is 8.80. The zero-order valence-electron chi connectivity index (χ0n) is 11.5. The number of para-hydroxylation sites is 1. The van der Waals surface area contributed by atoms with E-state index in [4.69, 9.17) is 5.73 Å². The first kappa shape index (κ1) is 13.6. The lowest BCUT2D eigenvalue weighted by atomic mass is 10.1. The number of hydrogen-bond acceptors (Lipinski definition) is 2. The van der Waals surface area contributed by atoms with Crippen molar-refractivity contribution < 1.29 is 0 Å². The predicted octanol–water partition coefficient (Wildman–Crippen LogP) is 3.08. The lowest BCUT2D eigenvalue weighted by molar-refractivity contribution is 0.607. The highest BCUT2D eigenvalue weighted by atomic mass is 15.1. The van der Waals surface area contributed by atoms with Crippen LogP contribution in [0.1, 0.15) is 12.0 Å². The van der Waals surface area contributed by atoms with E-state index in [-0.39, 0.29) is 6.04 Å². The summed E-state index contributed by atoms with van der Waals surface area (Å²) in [4.78, 5) is 2.22. The lowest BCUT2D eigenvalue weighted by Crippen LogP contribution is -2.35. The fraction of sp³-hybridized carbons (Fsp3) is 0.294. The number of aryl methyl sites for hydroxylation is 1. The fourth-order valence-corrected chi connectivity index (χ4v) is 2.23. The molecule has 0 saturated carbocycles. The summed E-state index contributed by atoms with van der Waals surface area (Å²) >= 11 is 0. The Morgan fingerprint density at radius 1 is 0.947 bits per heavy atom. The SMILES string of the molecule is CN(CC(N)CCc1ccccc1)c1ccccc1. The van der Waals surface area contributed by atoms with Crippen LogP contribution in [0, 0.1) is 0 Å². The van der Waals surface area contributed by atoms with E-state index in [1.54, 1.807) is 0 Å². The number of nitrogens with two attached hydrogens (primary N) is 1. The van der Waals surface area contributed by atoms with Crippen LogP contribution in [0.2, 0.25) is 0 Å². The second-order valence-electron chi connectivity index (χ2n) is 5.00. The summed E-state index contributed by atoms with van der Waals surface area (Å²) < 4.78 is 0. The van der Waals surface area contributed by atoms with Gasteiger partial charge in [-0.1, -0.05) is 48.5 Å². The maximum Gasteiger partial charge on any atom is 0.0364 e. The topological polar surface area (TPSA) is 29.3 Å². The van der Waals surface area contributed by atoms with Crippen molar-refractivity contribution in [2.45, 2.75) is 18.9 Å². The summed E-state index contributed by atoms with van der Waals surface area (Å²) in [7, 11) is 2.09. The third-order valence-corrected chi connectivity index (χ3v) is 3.35. The molecule has 0 aromatic heterocycles. The van der Waals surface area contributed by atoms with Crippen LogP contribution in [0.25, 0.3) is 0 Å². The van der Waals surface area contributed by atoms with Gasteiger partial charge in [-0.05, 0) is 30.5 Å². The Bertz CT molecular complexity index is 467. The third-order valence-electron chi connectivity index (χ3n) is 3.35. The predicted molar refractivity (Wildman–Crippen MR) is 82.5 cm³/mol. The van der Waals surface area contributed by atoms with Crippen LogP contribution >= 0.6 is 0 Å². The van der Waals surface area contributed by atoms with Gasteiger partial charge in [-0.15, -0.1) is 0 Å². The van der Waals surface area contributed by atoms with Crippen LogP contribution in [0.4, 0.5) is 5.69 Å². The van der Waals surface area contributed by atoms with Gasteiger partial charge in [0.2, 0.25) is 0 Å². The summed E-state index contributed by atoms with van der Waals surface area (Å²) in [5.74, 6) is 0. The van der Waals surface area contributed by atoms with Gasteiger partial charge >= 0.3 is 0 Å². The molecule has 1 atom stereocenters. The molecule has 0 heterocycles. The average Bonchev–Trinajstić information content (AvgIpc) is 2.47. The molecule has 2 nitrogen and oxygen atoms in total. The molecule has 2 N–H and O–H groups in total. The molecule has 0 amide bonds. The number of anilines is 1. The Balaban J connectivity index is 1.80. The van der Waals surface area contributed by atoms with Crippen LogP contribution in [0.15, 0.2) is 60.7 Å². The first-order valence-electron chi connectivity index (χ1n) is 6.81. The van der Waals surface area contributed by atoms with Crippen molar-refractivity contribution in [3.05, 3.63) is 66.2 Å². The zero-order chi connectivity index (χ0) is 13.5. The normalized spacial score (nSPS) is 12.1. The Morgan fingerprint density at radius 3 is 2.16 bits per heavy atom. The summed E-state index contributed by atoms with van der Waals surface area (Å²) in [6.07, 6.45) is 2.06. The Morgan fingerprint density at radius 2 is 1.53 bits per heavy atom. The van der Waals surface area contributed by atoms with Gasteiger partial charge < -0.3 is 10.6 Å². The van der Waals surface area contributed by atoms with E-state index in [0.717, 1.165) is 19.4 Å². The van der Waals surface area contributed by atoms with Gasteiger partial charge in [0.1, 0.15) is 0 Å². The highest BCUT2D eigenvalue weighted by Gasteiger charge is 2.07. The summed E-state index contributed by atoms with van der Waals surface area (Å²) in [6, 6.07) is 21.1. The Labute approximate surface area is 115 Å². The second kappa shape index (κ2) is 6.95. The number of benzene rings is 2. The summed E-state index contributed by atoms with van der Waals surface area (Å²) in [6.45, 7) is 0.886. The third kappa shape index (κ3) is 4.42. The number of likely N-dealkylation sites (N-methyl/N-ethyl adjacent to an activating group) is 1. The molecule has 0 radical (unpaired) electrons. The molecule has 0 fully saturated rings. The smallest absolute Gasteiger partial charge is 0.0364 e. The van der Waals surface area contributed by atoms with E-state index in [2.05, 4.69) is 60.5 Å². The largest absolute Gasteiger partial charge is 0.373 e. The molecule has 0 saturated heterocycles. The van der Waals surface area contributed by atoms with Gasteiger partial charge in [0, 0.05) is 25.3 Å². The highest BCUT2D eigenvalue weighted by molar-refractivity contribution is 5.45. The van der Waals surface area contributed by atoms with Crippen molar-refractivity contribution in [3.63, 3.8) is 0 Å². The number of rotatable bonds is 6. The van der Waals surface area contributed by atoms with Crippen LogP contribution in [0.3, 0.4) is 0 Å². The van der Waals surface area contributed by atoms with E-state index in [1.807, 2.05) is 12.1 Å². The molecule has 2 heteroatoms. The molecule has 0 spiro atoms. The monoisotopic (exact) mass is 254 g/mol. The minimum absolute atomic E-state index is 0.199. The molecular formula is C17H22N2. The van der Waals surface area contributed by atoms with Gasteiger partial charge in [0.25, 0.3) is 0 Å². The van der Waals surface area contributed by atoms with Crippen molar-refractivity contribution in [2.75, 3.05) is 18.5 Å². The van der Waals surface area contributed by atoms with E-state index < -0.39 is 0 Å². The maximum atomic E-state index is 6.22. The fourth-order valence-electron chi connectivity index (χ4n) is 2.23. The van der Waals surface area contributed by atoms with E-state index in [1.165, 1.54) is 11.3 Å². The Hall–Kier alpha value is -1.80. The van der Waals surface area contributed by atoms with Crippen molar-refractivity contribution in [1.29, 1.82) is 0 Å². The molecule has 2 rings (SSSR count). The number of hydrogen-bond donors (Lipinski definition) is 1. The molecule has 0 aliphatic carbocycles. The van der Waals surface area contributed by atoms with Crippen molar-refractivity contribution in [3.8, 4) is 0 Å². The molecule has 100 valence electrons. The molecule has 2 aromatic rings. The highest BCUT2D eigenvalue weighted by Crippen LogP contribution is 2.12. The van der Waals surface area contributed by atoms with Crippen LogP contribution in [-0.4, -0.2) is 19.6 Å². The van der Waals surface area contributed by atoms with Crippen molar-refractivity contribution in [1.82, 2.24) is 0 Å². The van der Waals surface area contributed by atoms with E-state index >= 15 is 0 Å². The molecule has 0 bridgehead atoms. The zero-order valence-corrected chi connectivity index (χ0v) is 11.5. The van der Waals surface area contributed by atoms with Crippen LogP contribution < -0.4 is 10.6 Å². The molecule has 1 unspecified atom stereocenters. The van der Waals surface area contributed by atoms with Gasteiger partial charge in [0.05, 0.1) is 0 Å². The molecule has 2 aromatic carbocycles. The van der Waals surface area contributed by atoms with Gasteiger partial charge in [-0.2, -0.15) is 0 Å².